The predicted octanol–water partition coefficient (Wildman–Crippen LogP) is 5.59. The van der Waals surface area contributed by atoms with E-state index < -0.39 is 17.6 Å². The molecule has 0 atom stereocenters. The van der Waals surface area contributed by atoms with Crippen LogP contribution in [-0.2, 0) is 13.3 Å². The molecule has 0 radical (unpaired) electrons. The first-order valence-electron chi connectivity index (χ1n) is 11.0. The fraction of sp³-hybridized carbons (Fsp3) is 0.727. The lowest BCUT2D eigenvalue weighted by molar-refractivity contribution is 0.0706. The van der Waals surface area contributed by atoms with Crippen LogP contribution in [0.3, 0.4) is 0 Å². The smallest absolute Gasteiger partial charge is 0.374 e. The lowest BCUT2D eigenvalue weighted by atomic mass is 10.0. The lowest BCUT2D eigenvalue weighted by Crippen LogP contribution is -2.46. The Balaban J connectivity index is 2.67. The summed E-state index contributed by atoms with van der Waals surface area (Å²) in [5, 5.41) is 0. The van der Waals surface area contributed by atoms with Crippen molar-refractivity contribution in [1.29, 1.82) is 0 Å². The van der Waals surface area contributed by atoms with Crippen molar-refractivity contribution in [3.05, 3.63) is 30.3 Å². The summed E-state index contributed by atoms with van der Waals surface area (Å²) in [5.74, 6) is 0. The van der Waals surface area contributed by atoms with E-state index in [2.05, 4.69) is 69.1 Å². The van der Waals surface area contributed by atoms with E-state index in [1.54, 1.807) is 0 Å². The molecule has 0 saturated carbocycles. The van der Waals surface area contributed by atoms with Crippen LogP contribution in [-0.4, -0.2) is 49.5 Å². The Morgan fingerprint density at radius 2 is 1.54 bits per heavy atom. The number of benzene rings is 1. The molecule has 0 aromatic heterocycles. The first kappa shape index (κ1) is 25.4. The Hall–Kier alpha value is -0.666. The van der Waals surface area contributed by atoms with E-state index in [4.69, 9.17) is 13.3 Å². The summed E-state index contributed by atoms with van der Waals surface area (Å²) in [7, 11) is -3.18. The van der Waals surface area contributed by atoms with Gasteiger partial charge in [-0.1, -0.05) is 31.3 Å². The molecule has 1 aromatic rings. The highest BCUT2D eigenvalue weighted by atomic mass is 28.4. The van der Waals surface area contributed by atoms with Crippen molar-refractivity contribution in [3.8, 4) is 0 Å². The third-order valence-electron chi connectivity index (χ3n) is 4.74. The first-order valence-corrected chi connectivity index (χ1v) is 16.0. The minimum atomic E-state index is -2.56. The molecule has 0 heterocycles. The molecule has 28 heavy (non-hydrogen) atoms. The second-order valence-electron chi connectivity index (χ2n) is 8.70. The molecular weight excluding hydrogens is 382 g/mol. The van der Waals surface area contributed by atoms with E-state index in [0.29, 0.717) is 13.2 Å². The molecule has 0 fully saturated rings. The molecule has 6 heteroatoms. The van der Waals surface area contributed by atoms with Crippen molar-refractivity contribution in [2.45, 2.75) is 78.2 Å². The van der Waals surface area contributed by atoms with Crippen molar-refractivity contribution in [1.82, 2.24) is 0 Å². The van der Waals surface area contributed by atoms with Crippen LogP contribution < -0.4 is 4.90 Å². The molecule has 0 unspecified atom stereocenters. The molecule has 0 amide bonds. The maximum Gasteiger partial charge on any atom is 0.500 e. The van der Waals surface area contributed by atoms with Gasteiger partial charge >= 0.3 is 8.80 Å². The van der Waals surface area contributed by atoms with E-state index in [1.807, 2.05) is 13.8 Å². The summed E-state index contributed by atoms with van der Waals surface area (Å²) >= 11 is 0. The van der Waals surface area contributed by atoms with Crippen LogP contribution in [0.15, 0.2) is 30.3 Å². The molecule has 0 spiro atoms. The van der Waals surface area contributed by atoms with Gasteiger partial charge in [-0.05, 0) is 65.6 Å². The number of anilines is 1. The SMILES string of the molecule is CCO[Si](CCCCN(c1ccccc1)C(C)(C)C)(OCC)OCC[SiH](C)C. The molecule has 1 rings (SSSR count). The maximum absolute atomic E-state index is 6.30. The van der Waals surface area contributed by atoms with Crippen molar-refractivity contribution < 1.29 is 13.3 Å². The third kappa shape index (κ3) is 9.22. The second-order valence-corrected chi connectivity index (χ2v) is 14.8. The zero-order valence-electron chi connectivity index (χ0n) is 19.3. The summed E-state index contributed by atoms with van der Waals surface area (Å²) in [6.45, 7) is 18.7. The van der Waals surface area contributed by atoms with Gasteiger partial charge in [0.2, 0.25) is 0 Å². The second kappa shape index (κ2) is 12.8. The molecule has 0 saturated heterocycles. The maximum atomic E-state index is 6.30. The van der Waals surface area contributed by atoms with Crippen LogP contribution >= 0.6 is 0 Å². The van der Waals surface area contributed by atoms with Crippen molar-refractivity contribution in [2.24, 2.45) is 0 Å². The van der Waals surface area contributed by atoms with Gasteiger partial charge in [0, 0.05) is 52.4 Å². The standard InChI is InChI=1S/C22H43NO3Si2/c1-8-24-28(25-9-2,26-18-19-27(6)7)20-14-13-17-23(22(3,4)5)21-15-11-10-12-16-21/h10-12,15-16,27H,8-9,13-14,17-20H2,1-7H3. The molecule has 4 nitrogen and oxygen atoms in total. The van der Waals surface area contributed by atoms with Gasteiger partial charge in [-0.15, -0.1) is 0 Å². The summed E-state index contributed by atoms with van der Waals surface area (Å²) in [5.41, 5.74) is 1.37. The number of hydrogen-bond acceptors (Lipinski definition) is 4. The number of hydrogen-bond donors (Lipinski definition) is 0. The van der Waals surface area contributed by atoms with Crippen LogP contribution in [0.4, 0.5) is 5.69 Å². The highest BCUT2D eigenvalue weighted by Gasteiger charge is 2.40. The van der Waals surface area contributed by atoms with Crippen molar-refractivity contribution in [2.75, 3.05) is 31.3 Å². The molecule has 0 bridgehead atoms. The Kier molecular flexibility index (Phi) is 11.6. The molecule has 1 aromatic carbocycles. The van der Waals surface area contributed by atoms with E-state index >= 15 is 0 Å². The van der Waals surface area contributed by atoms with Gasteiger partial charge in [0.25, 0.3) is 0 Å². The summed E-state index contributed by atoms with van der Waals surface area (Å²) in [6.07, 6.45) is 2.16. The monoisotopic (exact) mass is 425 g/mol. The Bertz CT molecular complexity index is 514. The highest BCUT2D eigenvalue weighted by Crippen LogP contribution is 2.25. The quantitative estimate of drug-likeness (QED) is 0.287. The summed E-state index contributed by atoms with van der Waals surface area (Å²) in [4.78, 5) is 2.49. The van der Waals surface area contributed by atoms with Gasteiger partial charge in [-0.3, -0.25) is 0 Å². The van der Waals surface area contributed by atoms with Crippen LogP contribution in [0, 0.1) is 0 Å². The molecule has 162 valence electrons. The predicted molar refractivity (Wildman–Crippen MR) is 126 cm³/mol. The van der Waals surface area contributed by atoms with E-state index in [-0.39, 0.29) is 5.54 Å². The molecule has 0 aliphatic heterocycles. The average molecular weight is 426 g/mol. The summed E-state index contributed by atoms with van der Waals surface area (Å²) in [6, 6.07) is 12.8. The van der Waals surface area contributed by atoms with Gasteiger partial charge in [-0.2, -0.15) is 0 Å². The number of nitrogens with zero attached hydrogens (tertiary/aromatic N) is 1. The molecule has 0 aliphatic rings. The van der Waals surface area contributed by atoms with Crippen molar-refractivity contribution in [3.63, 3.8) is 0 Å². The van der Waals surface area contributed by atoms with Gasteiger partial charge < -0.3 is 18.2 Å². The normalized spacial score (nSPS) is 12.6. The Labute approximate surface area is 176 Å². The lowest BCUT2D eigenvalue weighted by Gasteiger charge is -2.38. The van der Waals surface area contributed by atoms with Crippen LogP contribution in [0.1, 0.15) is 47.5 Å². The van der Waals surface area contributed by atoms with Gasteiger partial charge in [0.15, 0.2) is 0 Å². The van der Waals surface area contributed by atoms with E-state index in [0.717, 1.165) is 32.0 Å². The topological polar surface area (TPSA) is 30.9 Å². The molecule has 0 N–H and O–H groups in total. The number of unbranched alkanes of at least 4 members (excludes halogenated alkanes) is 1. The van der Waals surface area contributed by atoms with Gasteiger partial charge in [-0.25, -0.2) is 0 Å². The van der Waals surface area contributed by atoms with Gasteiger partial charge in [0.1, 0.15) is 0 Å². The zero-order valence-corrected chi connectivity index (χ0v) is 21.4. The van der Waals surface area contributed by atoms with Crippen LogP contribution in [0.2, 0.25) is 25.2 Å². The third-order valence-corrected chi connectivity index (χ3v) is 9.20. The fourth-order valence-corrected chi connectivity index (χ4v) is 6.80. The van der Waals surface area contributed by atoms with E-state index in [1.165, 1.54) is 11.7 Å². The van der Waals surface area contributed by atoms with Crippen LogP contribution in [0.25, 0.3) is 0 Å². The van der Waals surface area contributed by atoms with E-state index in [9.17, 15) is 0 Å². The fourth-order valence-electron chi connectivity index (χ4n) is 3.30. The van der Waals surface area contributed by atoms with Gasteiger partial charge in [0.05, 0.1) is 0 Å². The largest absolute Gasteiger partial charge is 0.500 e. The average Bonchev–Trinajstić information content (AvgIpc) is 2.61. The number of para-hydroxylation sites is 1. The zero-order chi connectivity index (χ0) is 21.0. The Morgan fingerprint density at radius 3 is 2.04 bits per heavy atom. The minimum absolute atomic E-state index is 0.0914. The highest BCUT2D eigenvalue weighted by molar-refractivity contribution is 6.61. The van der Waals surface area contributed by atoms with Crippen molar-refractivity contribution >= 4 is 23.3 Å². The minimum Gasteiger partial charge on any atom is -0.374 e. The number of rotatable bonds is 14. The summed E-state index contributed by atoms with van der Waals surface area (Å²) < 4.78 is 18.5. The Morgan fingerprint density at radius 1 is 0.929 bits per heavy atom. The molecular formula is C22H43NO3Si2. The van der Waals surface area contributed by atoms with Crippen LogP contribution in [0.5, 0.6) is 0 Å². The first-order chi connectivity index (χ1) is 13.2. The molecule has 0 aliphatic carbocycles.